The minimum absolute atomic E-state index is 0.00470. The van der Waals surface area contributed by atoms with Gasteiger partial charge in [-0.05, 0) is 29.8 Å². The Kier molecular flexibility index (Phi) is 4.26. The third-order valence-electron chi connectivity index (χ3n) is 2.96. The Labute approximate surface area is 120 Å². The molecule has 0 amide bonds. The van der Waals surface area contributed by atoms with E-state index in [4.69, 9.17) is 4.74 Å². The van der Waals surface area contributed by atoms with Crippen molar-refractivity contribution in [2.24, 2.45) is 0 Å². The Hall–Kier alpha value is -2.37. The lowest BCUT2D eigenvalue weighted by Crippen LogP contribution is -2.05. The summed E-state index contributed by atoms with van der Waals surface area (Å²) in [5.74, 6) is 0.352. The van der Waals surface area contributed by atoms with Gasteiger partial charge in [-0.3, -0.25) is 0 Å². The monoisotopic (exact) mass is 297 g/mol. The zero-order chi connectivity index (χ0) is 15.5. The molecule has 3 nitrogen and oxygen atoms in total. The van der Waals surface area contributed by atoms with Gasteiger partial charge >= 0.3 is 6.18 Å². The van der Waals surface area contributed by atoms with Crippen LogP contribution in [-0.2, 0) is 12.7 Å². The summed E-state index contributed by atoms with van der Waals surface area (Å²) in [6.45, 7) is 0.351. The van der Waals surface area contributed by atoms with Crippen LogP contribution in [0.2, 0.25) is 0 Å². The third kappa shape index (κ3) is 3.81. The van der Waals surface area contributed by atoms with Crippen molar-refractivity contribution in [3.05, 3.63) is 53.6 Å². The van der Waals surface area contributed by atoms with Crippen LogP contribution < -0.4 is 10.1 Å². The van der Waals surface area contributed by atoms with Crippen LogP contribution in [-0.4, -0.2) is 12.2 Å². The van der Waals surface area contributed by atoms with Gasteiger partial charge < -0.3 is 15.2 Å². The number of aromatic hydroxyl groups is 1. The number of alkyl halides is 3. The second-order valence-electron chi connectivity index (χ2n) is 4.43. The molecule has 0 unspecified atom stereocenters. The molecule has 0 atom stereocenters. The molecule has 0 bridgehead atoms. The molecule has 0 aromatic heterocycles. The highest BCUT2D eigenvalue weighted by Gasteiger charge is 2.29. The normalized spacial score (nSPS) is 11.2. The van der Waals surface area contributed by atoms with E-state index in [0.717, 1.165) is 12.1 Å². The zero-order valence-electron chi connectivity index (χ0n) is 11.2. The number of halogens is 3. The highest BCUT2D eigenvalue weighted by molar-refractivity contribution is 5.54. The van der Waals surface area contributed by atoms with Gasteiger partial charge in [-0.2, -0.15) is 13.2 Å². The van der Waals surface area contributed by atoms with Crippen molar-refractivity contribution >= 4 is 5.69 Å². The predicted molar refractivity (Wildman–Crippen MR) is 73.4 cm³/mol. The molecule has 0 radical (unpaired) electrons. The lowest BCUT2D eigenvalue weighted by molar-refractivity contribution is -0.137. The van der Waals surface area contributed by atoms with Gasteiger partial charge in [-0.15, -0.1) is 0 Å². The maximum absolute atomic E-state index is 12.4. The lowest BCUT2D eigenvalue weighted by Gasteiger charge is -2.10. The molecule has 0 spiro atoms. The molecule has 2 aromatic carbocycles. The number of ether oxygens (including phenoxy) is 1. The number of anilines is 1. The van der Waals surface area contributed by atoms with Crippen molar-refractivity contribution in [1.29, 1.82) is 0 Å². The second-order valence-corrected chi connectivity index (χ2v) is 4.43. The van der Waals surface area contributed by atoms with Crippen molar-refractivity contribution < 1.29 is 23.0 Å². The Morgan fingerprint density at radius 1 is 1.10 bits per heavy atom. The van der Waals surface area contributed by atoms with Gasteiger partial charge in [0, 0.05) is 18.3 Å². The van der Waals surface area contributed by atoms with Gasteiger partial charge in [0.05, 0.1) is 12.7 Å². The summed E-state index contributed by atoms with van der Waals surface area (Å²) in [7, 11) is 1.45. The van der Waals surface area contributed by atoms with Crippen LogP contribution in [0.4, 0.5) is 18.9 Å². The number of benzene rings is 2. The number of methoxy groups -OCH3 is 1. The van der Waals surface area contributed by atoms with E-state index in [-0.39, 0.29) is 5.75 Å². The summed E-state index contributed by atoms with van der Waals surface area (Å²) in [4.78, 5) is 0. The van der Waals surface area contributed by atoms with Crippen molar-refractivity contribution in [1.82, 2.24) is 0 Å². The standard InChI is InChI=1S/C15H14F3NO2/c1-21-14-7-6-12(8-13(14)20)19-9-10-2-4-11(5-3-10)15(16,17)18/h2-8,19-20H,9H2,1H3. The highest BCUT2D eigenvalue weighted by Crippen LogP contribution is 2.30. The molecule has 0 aliphatic rings. The average molecular weight is 297 g/mol. The Balaban J connectivity index is 2.01. The molecule has 0 aliphatic heterocycles. The van der Waals surface area contributed by atoms with E-state index < -0.39 is 11.7 Å². The molecule has 0 saturated carbocycles. The minimum Gasteiger partial charge on any atom is -0.504 e. The fraction of sp³-hybridized carbons (Fsp3) is 0.200. The predicted octanol–water partition coefficient (Wildman–Crippen LogP) is 4.03. The largest absolute Gasteiger partial charge is 0.504 e. The first-order chi connectivity index (χ1) is 9.90. The molecule has 0 aliphatic carbocycles. The fourth-order valence-electron chi connectivity index (χ4n) is 1.82. The molecule has 2 rings (SSSR count). The van der Waals surface area contributed by atoms with Gasteiger partial charge in [0.1, 0.15) is 0 Å². The first kappa shape index (κ1) is 15.0. The van der Waals surface area contributed by atoms with E-state index >= 15 is 0 Å². The SMILES string of the molecule is COc1ccc(NCc2ccc(C(F)(F)F)cc2)cc1O. The van der Waals surface area contributed by atoms with Crippen LogP contribution >= 0.6 is 0 Å². The maximum Gasteiger partial charge on any atom is 0.416 e. The van der Waals surface area contributed by atoms with Gasteiger partial charge in [0.25, 0.3) is 0 Å². The van der Waals surface area contributed by atoms with E-state index in [1.165, 1.54) is 25.3 Å². The van der Waals surface area contributed by atoms with Crippen LogP contribution in [0.25, 0.3) is 0 Å². The van der Waals surface area contributed by atoms with Gasteiger partial charge in [-0.1, -0.05) is 12.1 Å². The molecule has 21 heavy (non-hydrogen) atoms. The summed E-state index contributed by atoms with van der Waals surface area (Å²) >= 11 is 0. The molecule has 0 saturated heterocycles. The molecule has 6 heteroatoms. The van der Waals surface area contributed by atoms with E-state index in [1.54, 1.807) is 12.1 Å². The minimum atomic E-state index is -4.33. The number of hydrogen-bond donors (Lipinski definition) is 2. The maximum atomic E-state index is 12.4. The van der Waals surface area contributed by atoms with Crippen LogP contribution in [0.15, 0.2) is 42.5 Å². The topological polar surface area (TPSA) is 41.5 Å². The van der Waals surface area contributed by atoms with Crippen LogP contribution in [0.1, 0.15) is 11.1 Å². The molecule has 2 N–H and O–H groups in total. The molecular formula is C15H14F3NO2. The lowest BCUT2D eigenvalue weighted by atomic mass is 10.1. The average Bonchev–Trinajstić information content (AvgIpc) is 2.45. The summed E-state index contributed by atoms with van der Waals surface area (Å²) in [5.41, 5.74) is 0.680. The molecule has 112 valence electrons. The Morgan fingerprint density at radius 3 is 2.29 bits per heavy atom. The second kappa shape index (κ2) is 5.95. The van der Waals surface area contributed by atoms with E-state index in [1.807, 2.05) is 0 Å². The van der Waals surface area contributed by atoms with E-state index in [0.29, 0.717) is 23.5 Å². The number of nitrogens with one attached hydrogen (secondary N) is 1. The van der Waals surface area contributed by atoms with Gasteiger partial charge in [-0.25, -0.2) is 0 Å². The zero-order valence-corrected chi connectivity index (χ0v) is 11.2. The summed E-state index contributed by atoms with van der Waals surface area (Å²) in [6.07, 6.45) is -4.33. The summed E-state index contributed by atoms with van der Waals surface area (Å²) in [5, 5.41) is 12.6. The van der Waals surface area contributed by atoms with Crippen molar-refractivity contribution in [2.75, 3.05) is 12.4 Å². The van der Waals surface area contributed by atoms with E-state index in [2.05, 4.69) is 5.32 Å². The molecular weight excluding hydrogens is 283 g/mol. The Morgan fingerprint density at radius 2 is 1.76 bits per heavy atom. The first-order valence-corrected chi connectivity index (χ1v) is 6.17. The summed E-state index contributed by atoms with van der Waals surface area (Å²) in [6, 6.07) is 9.72. The highest BCUT2D eigenvalue weighted by atomic mass is 19.4. The number of hydrogen-bond acceptors (Lipinski definition) is 3. The number of phenols is 1. The molecule has 0 heterocycles. The molecule has 2 aromatic rings. The van der Waals surface area contributed by atoms with Crippen LogP contribution in [0.3, 0.4) is 0 Å². The van der Waals surface area contributed by atoms with Crippen molar-refractivity contribution in [2.45, 2.75) is 12.7 Å². The number of phenolic OH excluding ortho intramolecular Hbond substituents is 1. The molecule has 0 fully saturated rings. The summed E-state index contributed by atoms with van der Waals surface area (Å²) < 4.78 is 42.2. The van der Waals surface area contributed by atoms with Crippen LogP contribution in [0, 0.1) is 0 Å². The number of rotatable bonds is 4. The van der Waals surface area contributed by atoms with E-state index in [9.17, 15) is 18.3 Å². The van der Waals surface area contributed by atoms with Crippen molar-refractivity contribution in [3.8, 4) is 11.5 Å². The Bertz CT molecular complexity index is 609. The third-order valence-corrected chi connectivity index (χ3v) is 2.96. The van der Waals surface area contributed by atoms with Crippen LogP contribution in [0.5, 0.6) is 11.5 Å². The first-order valence-electron chi connectivity index (χ1n) is 6.17. The van der Waals surface area contributed by atoms with Gasteiger partial charge in [0.15, 0.2) is 11.5 Å². The van der Waals surface area contributed by atoms with Crippen molar-refractivity contribution in [3.63, 3.8) is 0 Å². The fourth-order valence-corrected chi connectivity index (χ4v) is 1.82. The van der Waals surface area contributed by atoms with Gasteiger partial charge in [0.2, 0.25) is 0 Å². The quantitative estimate of drug-likeness (QED) is 0.895. The smallest absolute Gasteiger partial charge is 0.416 e.